The van der Waals surface area contributed by atoms with Crippen LogP contribution in [0, 0.1) is 6.92 Å². The van der Waals surface area contributed by atoms with Gasteiger partial charge in [0.05, 0.1) is 21.3 Å². The molecule has 3 aromatic rings. The summed E-state index contributed by atoms with van der Waals surface area (Å²) < 4.78 is 16.3. The number of hydrogen-bond donors (Lipinski definition) is 2. The first-order chi connectivity index (χ1) is 16.5. The van der Waals surface area contributed by atoms with E-state index in [0.29, 0.717) is 29.0 Å². The zero-order chi connectivity index (χ0) is 24.1. The van der Waals surface area contributed by atoms with Crippen LogP contribution >= 0.6 is 0 Å². The molecule has 0 saturated carbocycles. The molecule has 1 saturated heterocycles. The van der Waals surface area contributed by atoms with E-state index in [2.05, 4.69) is 61.7 Å². The average Bonchev–Trinajstić information content (AvgIpc) is 2.86. The smallest absolute Gasteiger partial charge is 0.229 e. The topological polar surface area (TPSA) is 84.0 Å². The highest BCUT2D eigenvalue weighted by atomic mass is 16.5. The number of benzene rings is 2. The fraction of sp³-hybridized carbons (Fsp3) is 0.360. The van der Waals surface area contributed by atoms with Gasteiger partial charge in [-0.1, -0.05) is 0 Å². The summed E-state index contributed by atoms with van der Waals surface area (Å²) >= 11 is 0. The van der Waals surface area contributed by atoms with Gasteiger partial charge < -0.3 is 34.6 Å². The highest BCUT2D eigenvalue weighted by Gasteiger charge is 2.16. The Kier molecular flexibility index (Phi) is 7.22. The number of ether oxygens (including phenoxy) is 3. The zero-order valence-corrected chi connectivity index (χ0v) is 20.4. The molecule has 0 aliphatic carbocycles. The molecule has 0 radical (unpaired) electrons. The van der Waals surface area contributed by atoms with Crippen molar-refractivity contribution in [2.45, 2.75) is 6.92 Å². The van der Waals surface area contributed by atoms with Crippen LogP contribution in [0.3, 0.4) is 0 Å². The number of piperazine rings is 1. The Hall–Kier alpha value is -3.72. The number of rotatable bonds is 8. The molecule has 1 aliphatic rings. The molecule has 1 aromatic heterocycles. The van der Waals surface area contributed by atoms with Crippen molar-refractivity contribution in [3.05, 3.63) is 48.2 Å². The van der Waals surface area contributed by atoms with Gasteiger partial charge in [-0.2, -0.15) is 4.98 Å². The van der Waals surface area contributed by atoms with Crippen molar-refractivity contribution in [3.8, 4) is 17.2 Å². The van der Waals surface area contributed by atoms with Gasteiger partial charge in [0.2, 0.25) is 11.7 Å². The molecule has 1 aliphatic heterocycles. The van der Waals surface area contributed by atoms with Gasteiger partial charge in [-0.15, -0.1) is 0 Å². The van der Waals surface area contributed by atoms with Gasteiger partial charge in [0, 0.05) is 67.1 Å². The van der Waals surface area contributed by atoms with E-state index in [9.17, 15) is 0 Å². The van der Waals surface area contributed by atoms with E-state index in [1.807, 2.05) is 19.1 Å². The summed E-state index contributed by atoms with van der Waals surface area (Å²) in [5.74, 6) is 2.86. The Balaban J connectivity index is 1.49. The first-order valence-corrected chi connectivity index (χ1v) is 11.2. The van der Waals surface area contributed by atoms with Crippen LogP contribution in [-0.2, 0) is 0 Å². The number of aryl methyl sites for hydroxylation is 1. The summed E-state index contributed by atoms with van der Waals surface area (Å²) in [5, 5.41) is 6.64. The third-order valence-corrected chi connectivity index (χ3v) is 5.89. The minimum atomic E-state index is 0.507. The molecular formula is C25H32N6O3. The first kappa shape index (κ1) is 23.4. The number of hydrogen-bond acceptors (Lipinski definition) is 9. The second-order valence-corrected chi connectivity index (χ2v) is 8.23. The van der Waals surface area contributed by atoms with Crippen LogP contribution in [0.1, 0.15) is 5.56 Å². The molecule has 9 heteroatoms. The molecule has 9 nitrogen and oxygen atoms in total. The minimum Gasteiger partial charge on any atom is -0.493 e. The summed E-state index contributed by atoms with van der Waals surface area (Å²) in [4.78, 5) is 13.9. The average molecular weight is 465 g/mol. The van der Waals surface area contributed by atoms with E-state index in [4.69, 9.17) is 14.2 Å². The molecule has 2 heterocycles. The Labute approximate surface area is 200 Å². The van der Waals surface area contributed by atoms with Gasteiger partial charge in [-0.05, 0) is 38.2 Å². The Morgan fingerprint density at radius 1 is 0.824 bits per heavy atom. The Bertz CT molecular complexity index is 1090. The summed E-state index contributed by atoms with van der Waals surface area (Å²) in [6.07, 6.45) is 1.79. The summed E-state index contributed by atoms with van der Waals surface area (Å²) in [6, 6.07) is 12.1. The molecule has 180 valence electrons. The van der Waals surface area contributed by atoms with E-state index >= 15 is 0 Å². The lowest BCUT2D eigenvalue weighted by atomic mass is 10.2. The Morgan fingerprint density at radius 3 is 2.06 bits per heavy atom. The van der Waals surface area contributed by atoms with Crippen LogP contribution in [0.2, 0.25) is 0 Å². The van der Waals surface area contributed by atoms with Crippen molar-refractivity contribution in [2.75, 3.05) is 70.1 Å². The lowest BCUT2D eigenvalue weighted by molar-refractivity contribution is 0.313. The maximum atomic E-state index is 5.45. The van der Waals surface area contributed by atoms with Crippen LogP contribution in [-0.4, -0.2) is 69.4 Å². The first-order valence-electron chi connectivity index (χ1n) is 11.2. The number of nitrogens with zero attached hydrogens (tertiary/aromatic N) is 4. The van der Waals surface area contributed by atoms with Crippen molar-refractivity contribution in [2.24, 2.45) is 0 Å². The van der Waals surface area contributed by atoms with Crippen molar-refractivity contribution in [1.82, 2.24) is 14.9 Å². The lowest BCUT2D eigenvalue weighted by Crippen LogP contribution is -2.44. The van der Waals surface area contributed by atoms with Crippen molar-refractivity contribution in [1.29, 1.82) is 0 Å². The largest absolute Gasteiger partial charge is 0.493 e. The number of likely N-dealkylation sites (N-methyl/N-ethyl adjacent to an activating group) is 1. The molecule has 0 atom stereocenters. The monoisotopic (exact) mass is 464 g/mol. The lowest BCUT2D eigenvalue weighted by Gasteiger charge is -2.34. The molecule has 4 rings (SSSR count). The summed E-state index contributed by atoms with van der Waals surface area (Å²) in [6.45, 7) is 6.20. The van der Waals surface area contributed by atoms with Crippen LogP contribution in [0.15, 0.2) is 42.6 Å². The number of anilines is 5. The van der Waals surface area contributed by atoms with E-state index in [-0.39, 0.29) is 0 Å². The fourth-order valence-electron chi connectivity index (χ4n) is 3.87. The molecule has 2 aromatic carbocycles. The van der Waals surface area contributed by atoms with E-state index in [0.717, 1.165) is 43.1 Å². The molecule has 34 heavy (non-hydrogen) atoms. The minimum absolute atomic E-state index is 0.507. The quantitative estimate of drug-likeness (QED) is 0.513. The Morgan fingerprint density at radius 2 is 1.47 bits per heavy atom. The zero-order valence-electron chi connectivity index (χ0n) is 20.4. The summed E-state index contributed by atoms with van der Waals surface area (Å²) in [5.41, 5.74) is 3.83. The second-order valence-electron chi connectivity index (χ2n) is 8.23. The van der Waals surface area contributed by atoms with Gasteiger partial charge in [0.25, 0.3) is 0 Å². The molecular weight excluding hydrogens is 432 g/mol. The number of methoxy groups -OCH3 is 3. The van der Waals surface area contributed by atoms with Gasteiger partial charge in [-0.3, -0.25) is 0 Å². The van der Waals surface area contributed by atoms with E-state index in [1.54, 1.807) is 27.5 Å². The van der Waals surface area contributed by atoms with Crippen LogP contribution in [0.4, 0.5) is 28.8 Å². The van der Waals surface area contributed by atoms with Crippen molar-refractivity contribution in [3.63, 3.8) is 0 Å². The maximum absolute atomic E-state index is 5.45. The molecule has 0 unspecified atom stereocenters. The highest BCUT2D eigenvalue weighted by molar-refractivity contribution is 5.68. The predicted octanol–water partition coefficient (Wildman–Crippen LogP) is 4.05. The third kappa shape index (κ3) is 5.26. The third-order valence-electron chi connectivity index (χ3n) is 5.89. The highest BCUT2D eigenvalue weighted by Crippen LogP contribution is 2.40. The van der Waals surface area contributed by atoms with Crippen LogP contribution in [0.5, 0.6) is 17.2 Å². The van der Waals surface area contributed by atoms with Gasteiger partial charge >= 0.3 is 0 Å². The molecule has 0 amide bonds. The van der Waals surface area contributed by atoms with Crippen LogP contribution in [0.25, 0.3) is 0 Å². The normalized spacial score (nSPS) is 14.0. The summed E-state index contributed by atoms with van der Waals surface area (Å²) in [7, 11) is 6.93. The number of aromatic nitrogens is 2. The van der Waals surface area contributed by atoms with Gasteiger partial charge in [-0.25, -0.2) is 4.98 Å². The maximum Gasteiger partial charge on any atom is 0.229 e. The van der Waals surface area contributed by atoms with Crippen molar-refractivity contribution >= 4 is 28.8 Å². The standard InChI is InChI=1S/C25H32N6O3/c1-17-16-26-25(28-18-6-8-20(9-7-18)31-12-10-30(2)11-13-31)29-24(17)27-19-14-21(32-3)23(34-5)22(15-19)33-4/h6-9,14-16H,10-13H2,1-5H3,(H2,26,27,28,29). The van der Waals surface area contributed by atoms with Gasteiger partial charge in [0.1, 0.15) is 5.82 Å². The van der Waals surface area contributed by atoms with E-state index in [1.165, 1.54) is 5.69 Å². The van der Waals surface area contributed by atoms with Crippen molar-refractivity contribution < 1.29 is 14.2 Å². The van der Waals surface area contributed by atoms with Gasteiger partial charge in [0.15, 0.2) is 11.5 Å². The fourth-order valence-corrected chi connectivity index (χ4v) is 3.87. The van der Waals surface area contributed by atoms with E-state index < -0.39 is 0 Å². The molecule has 1 fully saturated rings. The molecule has 0 spiro atoms. The second kappa shape index (κ2) is 10.5. The van der Waals surface area contributed by atoms with Crippen LogP contribution < -0.4 is 29.7 Å². The molecule has 2 N–H and O–H groups in total. The number of nitrogens with one attached hydrogen (secondary N) is 2. The predicted molar refractivity (Wildman–Crippen MR) is 136 cm³/mol. The molecule has 0 bridgehead atoms. The SMILES string of the molecule is COc1cc(Nc2nc(Nc3ccc(N4CCN(C)CC4)cc3)ncc2C)cc(OC)c1OC.